The number of likely N-dealkylation sites (tertiary alicyclic amines) is 1. The van der Waals surface area contributed by atoms with Gasteiger partial charge in [0.15, 0.2) is 11.5 Å². The third-order valence-corrected chi connectivity index (χ3v) is 10.3. The topological polar surface area (TPSA) is 92.9 Å². The number of nitrogens with zero attached hydrogens (tertiary/aromatic N) is 1. The van der Waals surface area contributed by atoms with Gasteiger partial charge in [-0.3, -0.25) is 14.5 Å². The molecule has 4 aliphatic rings. The van der Waals surface area contributed by atoms with Gasteiger partial charge in [0.05, 0.1) is 11.1 Å². The Morgan fingerprint density at radius 2 is 1.88 bits per heavy atom. The molecule has 3 fully saturated rings. The van der Waals surface area contributed by atoms with E-state index in [0.29, 0.717) is 51.3 Å². The van der Waals surface area contributed by atoms with E-state index in [1.54, 1.807) is 13.2 Å². The molecule has 1 saturated heterocycles. The molecule has 2 N–H and O–H groups in total. The number of benzene rings is 1. The molecule has 3 heterocycles. The molecule has 2 aliphatic heterocycles. The van der Waals surface area contributed by atoms with E-state index in [1.165, 1.54) is 11.8 Å². The zero-order valence-corrected chi connectivity index (χ0v) is 25.2. The molecule has 1 amide bonds. The Bertz CT molecular complexity index is 1360. The molecule has 0 bridgehead atoms. The van der Waals surface area contributed by atoms with Gasteiger partial charge in [-0.25, -0.2) is 0 Å². The minimum atomic E-state index is -0.829. The number of carbonyl (C=O) groups excluding carboxylic acids is 1. The number of carbonyl (C=O) groups is 1. The smallest absolute Gasteiger partial charge is 0.254 e. The number of fused-ring (bicyclic) bond motifs is 1. The molecule has 0 spiro atoms. The number of ether oxygens (including phenoxy) is 3. The van der Waals surface area contributed by atoms with Gasteiger partial charge in [0, 0.05) is 72.9 Å². The second-order valence-electron chi connectivity index (χ2n) is 11.8. The van der Waals surface area contributed by atoms with Gasteiger partial charge in [-0.05, 0) is 69.8 Å². The largest absolute Gasteiger partial charge is 0.448 e. The van der Waals surface area contributed by atoms with E-state index >= 15 is 0 Å². The predicted molar refractivity (Wildman–Crippen MR) is 156 cm³/mol. The molecule has 1 unspecified atom stereocenters. The Balaban J connectivity index is 1.13. The van der Waals surface area contributed by atoms with Crippen LogP contribution in [0.3, 0.4) is 0 Å². The van der Waals surface area contributed by atoms with Crippen LogP contribution in [0.25, 0.3) is 0 Å². The lowest BCUT2D eigenvalue weighted by atomic mass is 9.80. The highest BCUT2D eigenvalue weighted by Crippen LogP contribution is 2.52. The molecule has 216 valence electrons. The van der Waals surface area contributed by atoms with Gasteiger partial charge in [0.2, 0.25) is 0 Å². The highest BCUT2D eigenvalue weighted by Gasteiger charge is 2.48. The Kier molecular flexibility index (Phi) is 7.61. The van der Waals surface area contributed by atoms with E-state index in [9.17, 15) is 9.59 Å². The Morgan fingerprint density at radius 3 is 2.52 bits per heavy atom. The van der Waals surface area contributed by atoms with E-state index in [-0.39, 0.29) is 23.9 Å². The summed E-state index contributed by atoms with van der Waals surface area (Å²) in [5.74, 6) is 0.572. The van der Waals surface area contributed by atoms with Crippen LogP contribution in [0, 0.1) is 12.8 Å². The van der Waals surface area contributed by atoms with Crippen LogP contribution in [0.15, 0.2) is 21.8 Å². The third kappa shape index (κ3) is 5.14. The molecule has 6 rings (SSSR count). The zero-order chi connectivity index (χ0) is 28.2. The summed E-state index contributed by atoms with van der Waals surface area (Å²) in [6.07, 6.45) is 8.72. The standard InChI is InChI=1S/C30H38ClN3O5S/c1-16-21(28(35)32-13-22-25(40-4)12-24(17-5-6-17)33-29(22)36)11-23(31)27-26(16)38-30(2,39-27)18-7-9-19(10-8-18)34-14-20(15-34)37-3/h11-12,17-20H,5-10,13-15H2,1-4H3,(H,32,35)(H,33,36). The van der Waals surface area contributed by atoms with Crippen LogP contribution in [-0.4, -0.2) is 60.2 Å². The number of aromatic amines is 1. The summed E-state index contributed by atoms with van der Waals surface area (Å²) in [6, 6.07) is 4.27. The van der Waals surface area contributed by atoms with Gasteiger partial charge >= 0.3 is 0 Å². The fourth-order valence-corrected chi connectivity index (χ4v) is 7.33. The van der Waals surface area contributed by atoms with Crippen LogP contribution in [0.4, 0.5) is 0 Å². The first kappa shape index (κ1) is 27.9. The number of hydrogen-bond acceptors (Lipinski definition) is 7. The van der Waals surface area contributed by atoms with Crippen molar-refractivity contribution in [3.8, 4) is 11.5 Å². The van der Waals surface area contributed by atoms with Crippen molar-refractivity contribution in [1.82, 2.24) is 15.2 Å². The van der Waals surface area contributed by atoms with Gasteiger partial charge < -0.3 is 24.5 Å². The van der Waals surface area contributed by atoms with E-state index < -0.39 is 5.79 Å². The summed E-state index contributed by atoms with van der Waals surface area (Å²) in [4.78, 5) is 32.6. The monoisotopic (exact) mass is 587 g/mol. The van der Waals surface area contributed by atoms with Crippen molar-refractivity contribution in [2.75, 3.05) is 26.5 Å². The van der Waals surface area contributed by atoms with Gasteiger partial charge in [-0.1, -0.05) is 11.6 Å². The Hall–Kier alpha value is -2.20. The van der Waals surface area contributed by atoms with Gasteiger partial charge in [-0.15, -0.1) is 11.8 Å². The Morgan fingerprint density at radius 1 is 1.18 bits per heavy atom. The highest BCUT2D eigenvalue weighted by atomic mass is 35.5. The highest BCUT2D eigenvalue weighted by molar-refractivity contribution is 7.98. The Labute approximate surface area is 244 Å². The van der Waals surface area contributed by atoms with E-state index in [1.807, 2.05) is 26.2 Å². The van der Waals surface area contributed by atoms with Crippen molar-refractivity contribution in [1.29, 1.82) is 0 Å². The van der Waals surface area contributed by atoms with Crippen molar-refractivity contribution in [3.05, 3.63) is 49.9 Å². The lowest BCUT2D eigenvalue weighted by Gasteiger charge is -2.47. The number of amides is 1. The molecule has 1 aromatic heterocycles. The number of thioether (sulfide) groups is 1. The fourth-order valence-electron chi connectivity index (χ4n) is 6.44. The number of aromatic nitrogens is 1. The van der Waals surface area contributed by atoms with Crippen LogP contribution in [0.2, 0.25) is 5.02 Å². The predicted octanol–water partition coefficient (Wildman–Crippen LogP) is 5.24. The summed E-state index contributed by atoms with van der Waals surface area (Å²) in [5, 5.41) is 3.28. The van der Waals surface area contributed by atoms with Crippen molar-refractivity contribution in [3.63, 3.8) is 0 Å². The molecule has 10 heteroatoms. The number of pyridine rings is 1. The first-order chi connectivity index (χ1) is 19.2. The van der Waals surface area contributed by atoms with Crippen molar-refractivity contribution >= 4 is 29.3 Å². The second-order valence-corrected chi connectivity index (χ2v) is 13.0. The number of halogens is 1. The molecule has 1 atom stereocenters. The van der Waals surface area contributed by atoms with Crippen LogP contribution >= 0.6 is 23.4 Å². The summed E-state index contributed by atoms with van der Waals surface area (Å²) in [7, 11) is 1.78. The molecule has 2 aliphatic carbocycles. The van der Waals surface area contributed by atoms with Crippen LogP contribution in [0.5, 0.6) is 11.5 Å². The van der Waals surface area contributed by atoms with Crippen molar-refractivity contribution < 1.29 is 19.0 Å². The van der Waals surface area contributed by atoms with Crippen LogP contribution < -0.4 is 20.3 Å². The molecule has 8 nitrogen and oxygen atoms in total. The summed E-state index contributed by atoms with van der Waals surface area (Å²) in [5.41, 5.74) is 2.51. The minimum absolute atomic E-state index is 0.129. The quantitative estimate of drug-likeness (QED) is 0.408. The summed E-state index contributed by atoms with van der Waals surface area (Å²) < 4.78 is 18.3. The number of methoxy groups -OCH3 is 1. The summed E-state index contributed by atoms with van der Waals surface area (Å²) in [6.45, 7) is 6.00. The number of hydrogen-bond donors (Lipinski definition) is 2. The third-order valence-electron chi connectivity index (χ3n) is 9.24. The average molecular weight is 588 g/mol. The van der Waals surface area contributed by atoms with Gasteiger partial charge in [0.1, 0.15) is 0 Å². The first-order valence-corrected chi connectivity index (χ1v) is 15.9. The maximum Gasteiger partial charge on any atom is 0.254 e. The molecular weight excluding hydrogens is 550 g/mol. The van der Waals surface area contributed by atoms with Crippen molar-refractivity contribution in [2.45, 2.75) is 87.7 Å². The molecule has 1 aromatic carbocycles. The molecule has 40 heavy (non-hydrogen) atoms. The molecule has 0 radical (unpaired) electrons. The van der Waals surface area contributed by atoms with Crippen molar-refractivity contribution in [2.24, 2.45) is 5.92 Å². The zero-order valence-electron chi connectivity index (χ0n) is 23.6. The first-order valence-electron chi connectivity index (χ1n) is 14.3. The van der Waals surface area contributed by atoms with Gasteiger partial charge in [0.25, 0.3) is 17.3 Å². The van der Waals surface area contributed by atoms with E-state index in [4.69, 9.17) is 25.8 Å². The number of H-pyrrole nitrogens is 1. The maximum atomic E-state index is 13.3. The molecular formula is C30H38ClN3O5S. The second kappa shape index (κ2) is 10.9. The van der Waals surface area contributed by atoms with Gasteiger partial charge in [-0.2, -0.15) is 0 Å². The number of rotatable bonds is 8. The van der Waals surface area contributed by atoms with E-state index in [2.05, 4.69) is 15.2 Å². The SMILES string of the molecule is COC1CN(C2CCC(C3(C)Oc4c(Cl)cc(C(=O)NCc5c(SC)cc(C6CC6)[nH]c5=O)c(C)c4O3)CC2)C1. The molecule has 2 saturated carbocycles. The normalized spacial score (nSPS) is 26.5. The lowest BCUT2D eigenvalue weighted by Crippen LogP contribution is -2.57. The van der Waals surface area contributed by atoms with Crippen LogP contribution in [-0.2, 0) is 11.3 Å². The number of nitrogens with one attached hydrogen (secondary N) is 2. The summed E-state index contributed by atoms with van der Waals surface area (Å²) >= 11 is 8.18. The lowest BCUT2D eigenvalue weighted by molar-refractivity contribution is -0.130. The fraction of sp³-hybridized carbons (Fsp3) is 0.600. The average Bonchev–Trinajstić information content (AvgIpc) is 3.70. The maximum absolute atomic E-state index is 13.3. The van der Waals surface area contributed by atoms with E-state index in [0.717, 1.165) is 62.2 Å². The van der Waals surface area contributed by atoms with Crippen LogP contribution in [0.1, 0.15) is 78.5 Å². The molecule has 2 aromatic rings. The minimum Gasteiger partial charge on any atom is -0.448 e.